The predicted molar refractivity (Wildman–Crippen MR) is 52.0 cm³/mol. The first-order valence-corrected chi connectivity index (χ1v) is 5.19. The van der Waals surface area contributed by atoms with Gasteiger partial charge in [-0.2, -0.15) is 0 Å². The summed E-state index contributed by atoms with van der Waals surface area (Å²) in [6.07, 6.45) is 11.6. The van der Waals surface area contributed by atoms with Crippen molar-refractivity contribution in [2.24, 2.45) is 5.92 Å². The summed E-state index contributed by atoms with van der Waals surface area (Å²) in [5.74, 6) is 0.750. The van der Waals surface area contributed by atoms with E-state index in [1.54, 1.807) is 0 Å². The summed E-state index contributed by atoms with van der Waals surface area (Å²) in [4.78, 5) is 0. The van der Waals surface area contributed by atoms with Crippen LogP contribution in [0.15, 0.2) is 12.2 Å². The van der Waals surface area contributed by atoms with E-state index in [-0.39, 0.29) is 6.10 Å². The van der Waals surface area contributed by atoms with Crippen LogP contribution >= 0.6 is 0 Å². The molecular weight excluding hydrogens is 148 g/mol. The fourth-order valence-corrected chi connectivity index (χ4v) is 1.75. The Morgan fingerprint density at radius 1 is 1.33 bits per heavy atom. The minimum absolute atomic E-state index is 0.216. The van der Waals surface area contributed by atoms with E-state index in [0.29, 0.717) is 0 Å². The molecule has 1 N–H and O–H groups in total. The van der Waals surface area contributed by atoms with Gasteiger partial charge in [0, 0.05) is 0 Å². The third-order valence-electron chi connectivity index (χ3n) is 2.67. The van der Waals surface area contributed by atoms with Gasteiger partial charge in [-0.25, -0.2) is 0 Å². The van der Waals surface area contributed by atoms with Gasteiger partial charge in [-0.3, -0.25) is 0 Å². The topological polar surface area (TPSA) is 20.2 Å². The zero-order valence-electron chi connectivity index (χ0n) is 8.00. The molecule has 1 saturated carbocycles. The first kappa shape index (κ1) is 9.79. The number of aliphatic hydroxyl groups is 1. The molecule has 1 nitrogen and oxygen atoms in total. The maximum atomic E-state index is 9.30. The zero-order chi connectivity index (χ0) is 8.81. The Morgan fingerprint density at radius 3 is 2.58 bits per heavy atom. The molecule has 1 aliphatic rings. The molecule has 1 heteroatoms. The predicted octanol–water partition coefficient (Wildman–Crippen LogP) is 2.89. The highest BCUT2D eigenvalue weighted by Crippen LogP contribution is 2.24. The lowest BCUT2D eigenvalue weighted by Gasteiger charge is -2.18. The molecule has 70 valence electrons. The Kier molecular flexibility index (Phi) is 4.37. The maximum absolute atomic E-state index is 9.30. The molecule has 1 fully saturated rings. The van der Waals surface area contributed by atoms with E-state index >= 15 is 0 Å². The van der Waals surface area contributed by atoms with Crippen LogP contribution < -0.4 is 0 Å². The van der Waals surface area contributed by atoms with Crippen LogP contribution in [0, 0.1) is 5.92 Å². The fraction of sp³-hybridized carbons (Fsp3) is 0.818. The van der Waals surface area contributed by atoms with E-state index in [0.717, 1.165) is 12.3 Å². The van der Waals surface area contributed by atoms with Crippen LogP contribution in [0.25, 0.3) is 0 Å². The van der Waals surface area contributed by atoms with Gasteiger partial charge in [-0.15, -0.1) is 0 Å². The van der Waals surface area contributed by atoms with Crippen molar-refractivity contribution >= 4 is 0 Å². The lowest BCUT2D eigenvalue weighted by Crippen LogP contribution is -2.05. The smallest absolute Gasteiger partial charge is 0.0718 e. The normalized spacial score (nSPS) is 23.2. The summed E-state index contributed by atoms with van der Waals surface area (Å²) in [7, 11) is 0. The molecule has 0 spiro atoms. The highest BCUT2D eigenvalue weighted by Gasteiger charge is 2.09. The molecule has 0 aromatic heterocycles. The van der Waals surface area contributed by atoms with Crippen LogP contribution in [0.3, 0.4) is 0 Å². The lowest BCUT2D eigenvalue weighted by molar-refractivity contribution is 0.218. The third kappa shape index (κ3) is 3.40. The van der Waals surface area contributed by atoms with Crippen molar-refractivity contribution in [2.45, 2.75) is 51.6 Å². The van der Waals surface area contributed by atoms with Crippen LogP contribution in [0.5, 0.6) is 0 Å². The summed E-state index contributed by atoms with van der Waals surface area (Å²) in [5, 5.41) is 9.30. The Morgan fingerprint density at radius 2 is 2.00 bits per heavy atom. The monoisotopic (exact) mass is 168 g/mol. The highest BCUT2D eigenvalue weighted by atomic mass is 16.3. The number of hydrogen-bond acceptors (Lipinski definition) is 1. The number of aliphatic hydroxyl groups excluding tert-OH is 1. The summed E-state index contributed by atoms with van der Waals surface area (Å²) in [6, 6.07) is 0. The largest absolute Gasteiger partial charge is 0.389 e. The van der Waals surface area contributed by atoms with Gasteiger partial charge in [-0.05, 0) is 25.2 Å². The minimum atomic E-state index is -0.216. The molecule has 1 rings (SSSR count). The van der Waals surface area contributed by atoms with E-state index in [4.69, 9.17) is 0 Å². The van der Waals surface area contributed by atoms with Gasteiger partial charge < -0.3 is 5.11 Å². The summed E-state index contributed by atoms with van der Waals surface area (Å²) in [5.41, 5.74) is 0. The van der Waals surface area contributed by atoms with E-state index in [9.17, 15) is 5.11 Å². The average molecular weight is 168 g/mol. The van der Waals surface area contributed by atoms with Crippen LogP contribution in [0.2, 0.25) is 0 Å². The second-order valence-corrected chi connectivity index (χ2v) is 3.76. The van der Waals surface area contributed by atoms with Gasteiger partial charge in [0.15, 0.2) is 0 Å². The van der Waals surface area contributed by atoms with Gasteiger partial charge in [0.25, 0.3) is 0 Å². The van der Waals surface area contributed by atoms with Crippen molar-refractivity contribution in [3.63, 3.8) is 0 Å². The first-order valence-electron chi connectivity index (χ1n) is 5.19. The van der Waals surface area contributed by atoms with E-state index < -0.39 is 0 Å². The van der Waals surface area contributed by atoms with Crippen molar-refractivity contribution in [1.29, 1.82) is 0 Å². The van der Waals surface area contributed by atoms with Crippen LogP contribution in [0.1, 0.15) is 45.4 Å². The number of rotatable bonds is 3. The summed E-state index contributed by atoms with van der Waals surface area (Å²) < 4.78 is 0. The quantitative estimate of drug-likeness (QED) is 0.642. The van der Waals surface area contributed by atoms with Crippen molar-refractivity contribution in [3.05, 3.63) is 12.2 Å². The molecule has 1 atom stereocenters. The molecule has 0 radical (unpaired) electrons. The Balaban J connectivity index is 2.23. The second-order valence-electron chi connectivity index (χ2n) is 3.76. The molecule has 0 heterocycles. The van der Waals surface area contributed by atoms with Gasteiger partial charge in [-0.1, -0.05) is 38.3 Å². The minimum Gasteiger partial charge on any atom is -0.389 e. The van der Waals surface area contributed by atoms with Crippen molar-refractivity contribution in [1.82, 2.24) is 0 Å². The highest BCUT2D eigenvalue weighted by molar-refractivity contribution is 4.93. The van der Waals surface area contributed by atoms with Gasteiger partial charge in [0.1, 0.15) is 0 Å². The molecule has 0 aliphatic heterocycles. The second kappa shape index (κ2) is 5.36. The van der Waals surface area contributed by atoms with Crippen LogP contribution in [0.4, 0.5) is 0 Å². The lowest BCUT2D eigenvalue weighted by atomic mass is 9.89. The molecule has 0 saturated heterocycles. The van der Waals surface area contributed by atoms with Crippen LogP contribution in [-0.4, -0.2) is 11.2 Å². The van der Waals surface area contributed by atoms with Crippen molar-refractivity contribution in [3.8, 4) is 0 Å². The number of allylic oxidation sites excluding steroid dienone is 1. The molecule has 0 unspecified atom stereocenters. The maximum Gasteiger partial charge on any atom is 0.0718 e. The Hall–Kier alpha value is -0.300. The SMILES string of the molecule is CC[C@@H](O)C=CC1CCCCC1. The molecule has 0 amide bonds. The number of hydrogen-bond donors (Lipinski definition) is 1. The molecule has 0 aromatic rings. The molecule has 0 bridgehead atoms. The summed E-state index contributed by atoms with van der Waals surface area (Å²) >= 11 is 0. The third-order valence-corrected chi connectivity index (χ3v) is 2.67. The Labute approximate surface area is 75.5 Å². The standard InChI is InChI=1S/C11H20O/c1-2-11(12)9-8-10-6-4-3-5-7-10/h8-12H,2-7H2,1H3/t11-/m1/s1. The van der Waals surface area contributed by atoms with Gasteiger partial charge in [0.05, 0.1) is 6.10 Å². The van der Waals surface area contributed by atoms with Crippen molar-refractivity contribution < 1.29 is 5.11 Å². The van der Waals surface area contributed by atoms with E-state index in [1.807, 2.05) is 13.0 Å². The Bertz CT molecular complexity index is 134. The molecule has 0 aromatic carbocycles. The van der Waals surface area contributed by atoms with Gasteiger partial charge in [0.2, 0.25) is 0 Å². The molecule has 12 heavy (non-hydrogen) atoms. The molecular formula is C11H20O. The fourth-order valence-electron chi connectivity index (χ4n) is 1.75. The molecule has 1 aliphatic carbocycles. The van der Waals surface area contributed by atoms with Crippen LogP contribution in [-0.2, 0) is 0 Å². The summed E-state index contributed by atoms with van der Waals surface area (Å²) in [6.45, 7) is 2.01. The zero-order valence-corrected chi connectivity index (χ0v) is 8.00. The van der Waals surface area contributed by atoms with E-state index in [1.165, 1.54) is 32.1 Å². The van der Waals surface area contributed by atoms with Gasteiger partial charge >= 0.3 is 0 Å². The average Bonchev–Trinajstić information content (AvgIpc) is 2.16. The van der Waals surface area contributed by atoms with Crippen molar-refractivity contribution in [2.75, 3.05) is 0 Å². The first-order chi connectivity index (χ1) is 5.83. The van der Waals surface area contributed by atoms with E-state index in [2.05, 4.69) is 6.08 Å².